The quantitative estimate of drug-likeness (QED) is 0.572. The van der Waals surface area contributed by atoms with Gasteiger partial charge in [0.2, 0.25) is 5.91 Å². The highest BCUT2D eigenvalue weighted by molar-refractivity contribution is 6.20. The zero-order chi connectivity index (χ0) is 10.4. The summed E-state index contributed by atoms with van der Waals surface area (Å²) in [6, 6.07) is 0. The number of alkyl halides is 1. The second-order valence-electron chi connectivity index (χ2n) is 4.21. The van der Waals surface area contributed by atoms with E-state index >= 15 is 0 Å². The van der Waals surface area contributed by atoms with Crippen molar-refractivity contribution in [3.8, 4) is 0 Å². The summed E-state index contributed by atoms with van der Waals surface area (Å²) in [6.45, 7) is 2.49. The number of hydrogen-bond donors (Lipinski definition) is 1. The third kappa shape index (κ3) is 4.32. The van der Waals surface area contributed by atoms with Gasteiger partial charge in [0.25, 0.3) is 0 Å². The highest BCUT2D eigenvalue weighted by Gasteiger charge is 2.19. The molecule has 0 aliphatic heterocycles. The number of carbonyl (C=O) groups excluding carboxylic acids is 1. The molecule has 0 heterocycles. The van der Waals surface area contributed by atoms with Crippen molar-refractivity contribution in [3.63, 3.8) is 0 Å². The van der Waals surface area contributed by atoms with Gasteiger partial charge in [0.1, 0.15) is 0 Å². The third-order valence-corrected chi connectivity index (χ3v) is 2.94. The van der Waals surface area contributed by atoms with E-state index in [1.807, 2.05) is 6.92 Å². The van der Waals surface area contributed by atoms with Crippen molar-refractivity contribution in [1.82, 2.24) is 5.32 Å². The van der Waals surface area contributed by atoms with Gasteiger partial charge in [0.05, 0.1) is 0 Å². The lowest BCUT2D eigenvalue weighted by Gasteiger charge is -2.14. The molecule has 1 rings (SSSR count). The summed E-state index contributed by atoms with van der Waals surface area (Å²) in [6.07, 6.45) is 7.10. The Morgan fingerprint density at radius 3 is 2.43 bits per heavy atom. The van der Waals surface area contributed by atoms with Crippen LogP contribution in [0.1, 0.15) is 45.4 Å². The van der Waals surface area contributed by atoms with E-state index in [4.69, 9.17) is 11.6 Å². The first-order valence-corrected chi connectivity index (χ1v) is 6.05. The molecule has 1 atom stereocenters. The SMILES string of the molecule is CC(Cl)CNC(=O)C1CCCCCC1. The predicted molar refractivity (Wildman–Crippen MR) is 59.5 cm³/mol. The van der Waals surface area contributed by atoms with Crippen LogP contribution in [-0.4, -0.2) is 17.8 Å². The monoisotopic (exact) mass is 217 g/mol. The Morgan fingerprint density at radius 2 is 1.93 bits per heavy atom. The zero-order valence-corrected chi connectivity index (χ0v) is 9.65. The Labute approximate surface area is 91.4 Å². The zero-order valence-electron chi connectivity index (χ0n) is 8.89. The van der Waals surface area contributed by atoms with E-state index in [9.17, 15) is 4.79 Å². The van der Waals surface area contributed by atoms with Crippen LogP contribution in [0.15, 0.2) is 0 Å². The minimum Gasteiger partial charge on any atom is -0.354 e. The second kappa shape index (κ2) is 6.28. The van der Waals surface area contributed by atoms with Gasteiger partial charge in [-0.2, -0.15) is 0 Å². The second-order valence-corrected chi connectivity index (χ2v) is 4.96. The van der Waals surface area contributed by atoms with Crippen LogP contribution in [0.3, 0.4) is 0 Å². The maximum Gasteiger partial charge on any atom is 0.223 e. The highest BCUT2D eigenvalue weighted by Crippen LogP contribution is 2.22. The number of halogens is 1. The lowest BCUT2D eigenvalue weighted by molar-refractivity contribution is -0.125. The maximum atomic E-state index is 11.7. The van der Waals surface area contributed by atoms with Gasteiger partial charge in [0.15, 0.2) is 0 Å². The van der Waals surface area contributed by atoms with Crippen molar-refractivity contribution in [2.45, 2.75) is 50.8 Å². The topological polar surface area (TPSA) is 29.1 Å². The highest BCUT2D eigenvalue weighted by atomic mass is 35.5. The fourth-order valence-electron chi connectivity index (χ4n) is 1.93. The summed E-state index contributed by atoms with van der Waals surface area (Å²) < 4.78 is 0. The number of amides is 1. The maximum absolute atomic E-state index is 11.7. The minimum atomic E-state index is 0.0322. The molecule has 1 aliphatic rings. The number of hydrogen-bond acceptors (Lipinski definition) is 1. The molecular formula is C11H20ClNO. The normalized spacial score (nSPS) is 21.3. The lowest BCUT2D eigenvalue weighted by atomic mass is 9.99. The Balaban J connectivity index is 2.27. The molecular weight excluding hydrogens is 198 g/mol. The molecule has 82 valence electrons. The lowest BCUT2D eigenvalue weighted by Crippen LogP contribution is -2.33. The van der Waals surface area contributed by atoms with E-state index in [2.05, 4.69) is 5.32 Å². The molecule has 1 amide bonds. The third-order valence-electron chi connectivity index (χ3n) is 2.78. The molecule has 0 bridgehead atoms. The summed E-state index contributed by atoms with van der Waals surface area (Å²) in [5, 5.41) is 2.94. The summed E-state index contributed by atoms with van der Waals surface area (Å²) in [7, 11) is 0. The summed E-state index contributed by atoms with van der Waals surface area (Å²) in [4.78, 5) is 11.7. The summed E-state index contributed by atoms with van der Waals surface area (Å²) in [5.74, 6) is 0.451. The molecule has 0 saturated heterocycles. The van der Waals surface area contributed by atoms with E-state index in [1.165, 1.54) is 25.7 Å². The molecule has 1 saturated carbocycles. The molecule has 0 aromatic rings. The molecule has 0 radical (unpaired) electrons. The van der Waals surface area contributed by atoms with Crippen molar-refractivity contribution < 1.29 is 4.79 Å². The first-order valence-electron chi connectivity index (χ1n) is 5.62. The Hall–Kier alpha value is -0.240. The molecule has 0 spiro atoms. The van der Waals surface area contributed by atoms with Crippen molar-refractivity contribution in [3.05, 3.63) is 0 Å². The van der Waals surface area contributed by atoms with Crippen LogP contribution < -0.4 is 5.32 Å². The van der Waals surface area contributed by atoms with E-state index in [0.717, 1.165) is 12.8 Å². The van der Waals surface area contributed by atoms with Crippen molar-refractivity contribution in [1.29, 1.82) is 0 Å². The van der Waals surface area contributed by atoms with Gasteiger partial charge in [-0.3, -0.25) is 4.79 Å². The van der Waals surface area contributed by atoms with E-state index in [0.29, 0.717) is 6.54 Å². The molecule has 1 fully saturated rings. The Bertz CT molecular complexity index is 174. The number of rotatable bonds is 3. The average Bonchev–Trinajstić information content (AvgIpc) is 2.42. The van der Waals surface area contributed by atoms with Gasteiger partial charge >= 0.3 is 0 Å². The number of nitrogens with one attached hydrogen (secondary N) is 1. The van der Waals surface area contributed by atoms with Crippen molar-refractivity contribution >= 4 is 17.5 Å². The fourth-order valence-corrected chi connectivity index (χ4v) is 2.00. The Morgan fingerprint density at radius 1 is 1.36 bits per heavy atom. The molecule has 1 aliphatic carbocycles. The summed E-state index contributed by atoms with van der Waals surface area (Å²) in [5.41, 5.74) is 0. The van der Waals surface area contributed by atoms with Crippen molar-refractivity contribution in [2.24, 2.45) is 5.92 Å². The van der Waals surface area contributed by atoms with Gasteiger partial charge in [-0.05, 0) is 19.8 Å². The van der Waals surface area contributed by atoms with Crippen LogP contribution in [0.5, 0.6) is 0 Å². The van der Waals surface area contributed by atoms with Crippen LogP contribution in [0.2, 0.25) is 0 Å². The van der Waals surface area contributed by atoms with Crippen LogP contribution in [0, 0.1) is 5.92 Å². The van der Waals surface area contributed by atoms with Gasteiger partial charge in [-0.25, -0.2) is 0 Å². The first-order chi connectivity index (χ1) is 6.70. The van der Waals surface area contributed by atoms with E-state index < -0.39 is 0 Å². The van der Waals surface area contributed by atoms with Crippen LogP contribution >= 0.6 is 11.6 Å². The standard InChI is InChI=1S/C11H20ClNO/c1-9(12)8-13-11(14)10-6-4-2-3-5-7-10/h9-10H,2-8H2,1H3,(H,13,14). The molecule has 1 N–H and O–H groups in total. The van der Waals surface area contributed by atoms with E-state index in [1.54, 1.807) is 0 Å². The smallest absolute Gasteiger partial charge is 0.223 e. The van der Waals surface area contributed by atoms with Crippen LogP contribution in [0.25, 0.3) is 0 Å². The number of carbonyl (C=O) groups is 1. The van der Waals surface area contributed by atoms with E-state index in [-0.39, 0.29) is 17.2 Å². The molecule has 14 heavy (non-hydrogen) atoms. The largest absolute Gasteiger partial charge is 0.354 e. The van der Waals surface area contributed by atoms with Gasteiger partial charge < -0.3 is 5.32 Å². The van der Waals surface area contributed by atoms with Crippen LogP contribution in [0.4, 0.5) is 0 Å². The molecule has 0 aromatic carbocycles. The van der Waals surface area contributed by atoms with Crippen molar-refractivity contribution in [2.75, 3.05) is 6.54 Å². The van der Waals surface area contributed by atoms with Gasteiger partial charge in [-0.15, -0.1) is 11.6 Å². The average molecular weight is 218 g/mol. The van der Waals surface area contributed by atoms with Crippen LogP contribution in [-0.2, 0) is 4.79 Å². The van der Waals surface area contributed by atoms with Gasteiger partial charge in [0, 0.05) is 17.8 Å². The Kier molecular flexibility index (Phi) is 5.31. The molecule has 2 nitrogen and oxygen atoms in total. The van der Waals surface area contributed by atoms with Gasteiger partial charge in [-0.1, -0.05) is 25.7 Å². The minimum absolute atomic E-state index is 0.0322. The summed E-state index contributed by atoms with van der Waals surface area (Å²) >= 11 is 5.78. The molecule has 0 aromatic heterocycles. The molecule has 1 unspecified atom stereocenters. The molecule has 3 heteroatoms. The first kappa shape index (κ1) is 11.8. The predicted octanol–water partition coefficient (Wildman–Crippen LogP) is 2.70. The fraction of sp³-hybridized carbons (Fsp3) is 0.909.